The van der Waals surface area contributed by atoms with E-state index in [1.807, 2.05) is 6.92 Å². The quantitative estimate of drug-likeness (QED) is 0.846. The SMILES string of the molecule is CCN(C(=O)C(C)CN)C1C2CC3CC(C2)CC1C3. The van der Waals surface area contributed by atoms with Crippen molar-refractivity contribution in [3.8, 4) is 0 Å². The summed E-state index contributed by atoms with van der Waals surface area (Å²) >= 11 is 0. The molecule has 19 heavy (non-hydrogen) atoms. The smallest absolute Gasteiger partial charge is 0.226 e. The monoisotopic (exact) mass is 264 g/mol. The van der Waals surface area contributed by atoms with E-state index in [1.165, 1.54) is 32.1 Å². The molecule has 2 N–H and O–H groups in total. The Morgan fingerprint density at radius 3 is 2.11 bits per heavy atom. The average molecular weight is 264 g/mol. The lowest BCUT2D eigenvalue weighted by atomic mass is 9.54. The molecule has 4 bridgehead atoms. The number of carbonyl (C=O) groups is 1. The Kier molecular flexibility index (Phi) is 3.59. The zero-order chi connectivity index (χ0) is 13.6. The van der Waals surface area contributed by atoms with Gasteiger partial charge < -0.3 is 10.6 Å². The summed E-state index contributed by atoms with van der Waals surface area (Å²) < 4.78 is 0. The second kappa shape index (κ2) is 5.08. The number of rotatable bonds is 4. The minimum absolute atomic E-state index is 0.0165. The fraction of sp³-hybridized carbons (Fsp3) is 0.938. The summed E-state index contributed by atoms with van der Waals surface area (Å²) in [5.41, 5.74) is 5.69. The molecule has 0 aromatic carbocycles. The molecule has 0 heterocycles. The lowest BCUT2D eigenvalue weighted by Gasteiger charge is -2.57. The zero-order valence-corrected chi connectivity index (χ0v) is 12.3. The highest BCUT2D eigenvalue weighted by Gasteiger charge is 2.50. The highest BCUT2D eigenvalue weighted by atomic mass is 16.2. The number of nitrogens with zero attached hydrogens (tertiary/aromatic N) is 1. The molecule has 1 atom stereocenters. The van der Waals surface area contributed by atoms with Gasteiger partial charge in [0.2, 0.25) is 5.91 Å². The first kappa shape index (κ1) is 13.4. The summed E-state index contributed by atoms with van der Waals surface area (Å²) in [6.07, 6.45) is 6.97. The maximum atomic E-state index is 12.6. The van der Waals surface area contributed by atoms with Crippen LogP contribution in [0.4, 0.5) is 0 Å². The van der Waals surface area contributed by atoms with Crippen LogP contribution in [0.2, 0.25) is 0 Å². The van der Waals surface area contributed by atoms with E-state index in [2.05, 4.69) is 11.8 Å². The normalized spacial score (nSPS) is 41.3. The molecule has 0 radical (unpaired) electrons. The maximum absolute atomic E-state index is 12.6. The third-order valence-electron chi connectivity index (χ3n) is 5.94. The van der Waals surface area contributed by atoms with Crippen molar-refractivity contribution in [2.24, 2.45) is 35.3 Å². The van der Waals surface area contributed by atoms with E-state index in [4.69, 9.17) is 5.73 Å². The van der Waals surface area contributed by atoms with Gasteiger partial charge in [-0.25, -0.2) is 0 Å². The van der Waals surface area contributed by atoms with Crippen molar-refractivity contribution in [2.45, 2.75) is 52.0 Å². The van der Waals surface area contributed by atoms with Crippen LogP contribution in [0.25, 0.3) is 0 Å². The Bertz CT molecular complexity index is 327. The number of hydrogen-bond acceptors (Lipinski definition) is 2. The molecular weight excluding hydrogens is 236 g/mol. The summed E-state index contributed by atoms with van der Waals surface area (Å²) in [6, 6.07) is 0.527. The van der Waals surface area contributed by atoms with Crippen LogP contribution in [0.1, 0.15) is 46.0 Å². The van der Waals surface area contributed by atoms with Crippen LogP contribution in [0.3, 0.4) is 0 Å². The molecule has 3 nitrogen and oxygen atoms in total. The number of amides is 1. The van der Waals surface area contributed by atoms with Gasteiger partial charge in [0.1, 0.15) is 0 Å². The van der Waals surface area contributed by atoms with Gasteiger partial charge in [-0.05, 0) is 62.7 Å². The van der Waals surface area contributed by atoms with Crippen molar-refractivity contribution >= 4 is 5.91 Å². The van der Waals surface area contributed by atoms with E-state index in [9.17, 15) is 4.79 Å². The topological polar surface area (TPSA) is 46.3 Å². The van der Waals surface area contributed by atoms with Crippen LogP contribution in [0, 0.1) is 29.6 Å². The summed E-state index contributed by atoms with van der Waals surface area (Å²) in [5.74, 6) is 3.79. The average Bonchev–Trinajstić information content (AvgIpc) is 2.40. The van der Waals surface area contributed by atoms with E-state index < -0.39 is 0 Å². The highest BCUT2D eigenvalue weighted by molar-refractivity contribution is 5.79. The summed E-state index contributed by atoms with van der Waals surface area (Å²) in [7, 11) is 0. The van der Waals surface area contributed by atoms with Gasteiger partial charge >= 0.3 is 0 Å². The van der Waals surface area contributed by atoms with Crippen LogP contribution in [-0.2, 0) is 4.79 Å². The van der Waals surface area contributed by atoms with Gasteiger partial charge in [0.15, 0.2) is 0 Å². The Hall–Kier alpha value is -0.570. The third kappa shape index (κ3) is 2.20. The van der Waals surface area contributed by atoms with Gasteiger partial charge in [0.25, 0.3) is 0 Å². The molecule has 4 fully saturated rings. The second-order valence-corrected chi connectivity index (χ2v) is 7.18. The Morgan fingerprint density at radius 1 is 1.16 bits per heavy atom. The van der Waals surface area contributed by atoms with Crippen molar-refractivity contribution in [2.75, 3.05) is 13.1 Å². The molecule has 0 aliphatic heterocycles. The van der Waals surface area contributed by atoms with Crippen LogP contribution in [0.5, 0.6) is 0 Å². The standard InChI is InChI=1S/C16H28N2O/c1-3-18(16(19)10(2)9-17)15-13-5-11-4-12(7-13)8-14(15)6-11/h10-15H,3-9,17H2,1-2H3. The molecule has 1 amide bonds. The van der Waals surface area contributed by atoms with E-state index in [-0.39, 0.29) is 5.92 Å². The molecule has 108 valence electrons. The fourth-order valence-corrected chi connectivity index (χ4v) is 5.30. The van der Waals surface area contributed by atoms with Crippen molar-refractivity contribution < 1.29 is 4.79 Å². The first-order chi connectivity index (χ1) is 9.13. The van der Waals surface area contributed by atoms with E-state index in [0.717, 1.165) is 30.2 Å². The van der Waals surface area contributed by atoms with E-state index >= 15 is 0 Å². The van der Waals surface area contributed by atoms with Gasteiger partial charge in [-0.3, -0.25) is 4.79 Å². The van der Waals surface area contributed by atoms with Gasteiger partial charge in [-0.1, -0.05) is 6.92 Å². The minimum Gasteiger partial charge on any atom is -0.339 e. The van der Waals surface area contributed by atoms with Crippen molar-refractivity contribution in [1.82, 2.24) is 4.90 Å². The molecule has 0 saturated heterocycles. The van der Waals surface area contributed by atoms with Gasteiger partial charge in [0, 0.05) is 25.0 Å². The van der Waals surface area contributed by atoms with E-state index in [0.29, 0.717) is 18.5 Å². The first-order valence-corrected chi connectivity index (χ1v) is 8.14. The second-order valence-electron chi connectivity index (χ2n) is 7.18. The molecule has 3 heteroatoms. The molecule has 4 rings (SSSR count). The van der Waals surface area contributed by atoms with Crippen LogP contribution < -0.4 is 5.73 Å². The Balaban J connectivity index is 1.78. The van der Waals surface area contributed by atoms with Crippen molar-refractivity contribution in [3.63, 3.8) is 0 Å². The van der Waals surface area contributed by atoms with Gasteiger partial charge in [0.05, 0.1) is 0 Å². The Labute approximate surface area is 116 Å². The first-order valence-electron chi connectivity index (χ1n) is 8.14. The van der Waals surface area contributed by atoms with Gasteiger partial charge in [-0.2, -0.15) is 0 Å². The lowest BCUT2D eigenvalue weighted by Crippen LogP contribution is -2.58. The third-order valence-corrected chi connectivity index (χ3v) is 5.94. The van der Waals surface area contributed by atoms with Crippen molar-refractivity contribution in [3.05, 3.63) is 0 Å². The molecule has 1 unspecified atom stereocenters. The largest absolute Gasteiger partial charge is 0.339 e. The molecule has 4 aliphatic rings. The van der Waals surface area contributed by atoms with Crippen molar-refractivity contribution in [1.29, 1.82) is 0 Å². The van der Waals surface area contributed by atoms with Crippen LogP contribution >= 0.6 is 0 Å². The number of carbonyl (C=O) groups excluding carboxylic acids is 1. The van der Waals surface area contributed by atoms with Crippen LogP contribution in [-0.4, -0.2) is 29.9 Å². The lowest BCUT2D eigenvalue weighted by molar-refractivity contribution is -0.146. The molecular formula is C16H28N2O. The molecule has 0 aromatic heterocycles. The summed E-state index contributed by atoms with van der Waals surface area (Å²) in [5, 5.41) is 0. The summed E-state index contributed by atoms with van der Waals surface area (Å²) in [4.78, 5) is 14.8. The summed E-state index contributed by atoms with van der Waals surface area (Å²) in [6.45, 7) is 5.44. The van der Waals surface area contributed by atoms with Crippen LogP contribution in [0.15, 0.2) is 0 Å². The predicted molar refractivity (Wildman–Crippen MR) is 76.4 cm³/mol. The Morgan fingerprint density at radius 2 is 1.68 bits per heavy atom. The number of nitrogens with two attached hydrogens (primary N) is 1. The molecule has 4 aliphatic carbocycles. The van der Waals surface area contributed by atoms with E-state index in [1.54, 1.807) is 0 Å². The highest BCUT2D eigenvalue weighted by Crippen LogP contribution is 2.55. The predicted octanol–water partition coefficient (Wildman–Crippen LogP) is 2.25. The fourth-order valence-electron chi connectivity index (χ4n) is 5.30. The molecule has 0 aromatic rings. The minimum atomic E-state index is -0.0165. The van der Waals surface area contributed by atoms with Gasteiger partial charge in [-0.15, -0.1) is 0 Å². The zero-order valence-electron chi connectivity index (χ0n) is 12.3. The molecule has 4 saturated carbocycles. The molecule has 0 spiro atoms. The number of hydrogen-bond donors (Lipinski definition) is 1. The maximum Gasteiger partial charge on any atom is 0.226 e.